The average molecular weight is 190 g/mol. The minimum atomic E-state index is -0.232. The lowest BCUT2D eigenvalue weighted by Crippen LogP contribution is -1.95. The van der Waals surface area contributed by atoms with Crippen molar-refractivity contribution in [1.29, 1.82) is 0 Å². The molecule has 1 aliphatic carbocycles. The number of hydrogen-bond donors (Lipinski definition) is 0. The Hall–Kier alpha value is -1.11. The van der Waals surface area contributed by atoms with Gasteiger partial charge in [-0.05, 0) is 29.5 Å². The molecule has 0 heterocycles. The van der Waals surface area contributed by atoms with Gasteiger partial charge in [-0.15, -0.1) is 0 Å². The van der Waals surface area contributed by atoms with Gasteiger partial charge in [0.1, 0.15) is 0 Å². The van der Waals surface area contributed by atoms with Crippen molar-refractivity contribution in [3.63, 3.8) is 0 Å². The van der Waals surface area contributed by atoms with Crippen LogP contribution in [-0.4, -0.2) is 6.67 Å². The molecular weight excluding hydrogens is 175 g/mol. The molecule has 0 radical (unpaired) electrons. The molecule has 1 aromatic carbocycles. The predicted octanol–water partition coefficient (Wildman–Crippen LogP) is 3.72. The Morgan fingerprint density at radius 3 is 2.93 bits per heavy atom. The Balaban J connectivity index is 2.29. The molecule has 1 aliphatic rings. The first kappa shape index (κ1) is 9.45. The largest absolute Gasteiger partial charge is 0.251 e. The van der Waals surface area contributed by atoms with Crippen LogP contribution in [0.5, 0.6) is 0 Å². The summed E-state index contributed by atoms with van der Waals surface area (Å²) in [6.07, 6.45) is 5.92. The molecule has 0 N–H and O–H groups in total. The fraction of sp³-hybridized carbons (Fsp3) is 0.385. The standard InChI is InChI=1S/C13H15F/c1-2-10-3-6-13-11(7-8-14)4-5-12(13)9-10/h3-6,9,11H,2,7-8H2,1H3. The third-order valence-electron chi connectivity index (χ3n) is 2.89. The van der Waals surface area contributed by atoms with Crippen LogP contribution in [0.2, 0.25) is 0 Å². The van der Waals surface area contributed by atoms with E-state index in [0.29, 0.717) is 12.3 Å². The smallest absolute Gasteiger partial charge is 0.0903 e. The van der Waals surface area contributed by atoms with E-state index in [1.54, 1.807) is 0 Å². The third kappa shape index (κ3) is 1.59. The van der Waals surface area contributed by atoms with Crippen molar-refractivity contribution in [1.82, 2.24) is 0 Å². The summed E-state index contributed by atoms with van der Waals surface area (Å²) < 4.78 is 12.3. The Morgan fingerprint density at radius 2 is 2.21 bits per heavy atom. The maximum Gasteiger partial charge on any atom is 0.0903 e. The molecule has 14 heavy (non-hydrogen) atoms. The van der Waals surface area contributed by atoms with Crippen molar-refractivity contribution in [2.45, 2.75) is 25.7 Å². The number of alkyl halides is 1. The lowest BCUT2D eigenvalue weighted by Gasteiger charge is -2.09. The number of fused-ring (bicyclic) bond motifs is 1. The topological polar surface area (TPSA) is 0 Å². The number of allylic oxidation sites excluding steroid dienone is 1. The van der Waals surface area contributed by atoms with Gasteiger partial charge in [-0.2, -0.15) is 0 Å². The maximum atomic E-state index is 12.3. The Labute approximate surface area is 84.5 Å². The molecule has 1 atom stereocenters. The van der Waals surface area contributed by atoms with Crippen LogP contribution in [-0.2, 0) is 6.42 Å². The Kier molecular flexibility index (Phi) is 2.67. The van der Waals surface area contributed by atoms with E-state index >= 15 is 0 Å². The summed E-state index contributed by atoms with van der Waals surface area (Å²) in [4.78, 5) is 0. The molecule has 0 bridgehead atoms. The first-order valence-corrected chi connectivity index (χ1v) is 5.22. The van der Waals surface area contributed by atoms with Crippen molar-refractivity contribution in [2.75, 3.05) is 6.67 Å². The Bertz CT molecular complexity index is 352. The normalized spacial score (nSPS) is 18.6. The van der Waals surface area contributed by atoms with E-state index in [2.05, 4.69) is 37.3 Å². The molecule has 0 spiro atoms. The molecule has 1 aromatic rings. The van der Waals surface area contributed by atoms with Crippen LogP contribution >= 0.6 is 0 Å². The summed E-state index contributed by atoms with van der Waals surface area (Å²) in [6.45, 7) is 1.92. The quantitative estimate of drug-likeness (QED) is 0.681. The van der Waals surface area contributed by atoms with Crippen molar-refractivity contribution >= 4 is 6.08 Å². The van der Waals surface area contributed by atoms with Gasteiger partial charge in [0.25, 0.3) is 0 Å². The van der Waals surface area contributed by atoms with Gasteiger partial charge in [0.05, 0.1) is 6.67 Å². The van der Waals surface area contributed by atoms with E-state index in [0.717, 1.165) is 6.42 Å². The predicted molar refractivity (Wildman–Crippen MR) is 58.2 cm³/mol. The lowest BCUT2D eigenvalue weighted by molar-refractivity contribution is 0.460. The van der Waals surface area contributed by atoms with Gasteiger partial charge in [-0.25, -0.2) is 0 Å². The SMILES string of the molecule is CCc1ccc2c(c1)C=CC2CCF. The molecule has 1 unspecified atom stereocenters. The molecule has 0 saturated carbocycles. The molecule has 1 heteroatoms. The highest BCUT2D eigenvalue weighted by Crippen LogP contribution is 2.33. The summed E-state index contributed by atoms with van der Waals surface area (Å²) in [5.41, 5.74) is 3.93. The fourth-order valence-electron chi connectivity index (χ4n) is 2.02. The highest BCUT2D eigenvalue weighted by Gasteiger charge is 2.16. The second-order valence-corrected chi connectivity index (χ2v) is 3.76. The van der Waals surface area contributed by atoms with Crippen LogP contribution in [0.4, 0.5) is 4.39 Å². The molecular formula is C13H15F. The van der Waals surface area contributed by atoms with Gasteiger partial charge in [0.15, 0.2) is 0 Å². The van der Waals surface area contributed by atoms with Crippen molar-refractivity contribution in [2.24, 2.45) is 0 Å². The summed E-state index contributed by atoms with van der Waals surface area (Å²) in [5.74, 6) is 0.306. The number of halogens is 1. The minimum Gasteiger partial charge on any atom is -0.251 e. The maximum absolute atomic E-state index is 12.3. The van der Waals surface area contributed by atoms with E-state index in [4.69, 9.17) is 0 Å². The zero-order valence-corrected chi connectivity index (χ0v) is 8.46. The second-order valence-electron chi connectivity index (χ2n) is 3.76. The second kappa shape index (κ2) is 3.95. The number of benzene rings is 1. The van der Waals surface area contributed by atoms with Crippen LogP contribution in [0.15, 0.2) is 24.3 Å². The van der Waals surface area contributed by atoms with Crippen LogP contribution in [0.3, 0.4) is 0 Å². The first-order chi connectivity index (χ1) is 6.85. The first-order valence-electron chi connectivity index (χ1n) is 5.22. The zero-order chi connectivity index (χ0) is 9.97. The summed E-state index contributed by atoms with van der Waals surface area (Å²) in [5, 5.41) is 0. The van der Waals surface area contributed by atoms with Gasteiger partial charge in [-0.1, -0.05) is 37.3 Å². The third-order valence-corrected chi connectivity index (χ3v) is 2.89. The molecule has 0 amide bonds. The van der Waals surface area contributed by atoms with Crippen molar-refractivity contribution in [3.8, 4) is 0 Å². The zero-order valence-electron chi connectivity index (χ0n) is 8.46. The fourth-order valence-corrected chi connectivity index (χ4v) is 2.02. The number of rotatable bonds is 3. The molecule has 0 saturated heterocycles. The highest BCUT2D eigenvalue weighted by molar-refractivity contribution is 5.63. The van der Waals surface area contributed by atoms with Gasteiger partial charge in [0.2, 0.25) is 0 Å². The summed E-state index contributed by atoms with van der Waals surface area (Å²) in [6, 6.07) is 6.51. The summed E-state index contributed by atoms with van der Waals surface area (Å²) in [7, 11) is 0. The van der Waals surface area contributed by atoms with Crippen molar-refractivity contribution in [3.05, 3.63) is 41.0 Å². The molecule has 0 aliphatic heterocycles. The molecule has 0 aromatic heterocycles. The lowest BCUT2D eigenvalue weighted by atomic mass is 9.96. The Morgan fingerprint density at radius 1 is 1.36 bits per heavy atom. The van der Waals surface area contributed by atoms with E-state index in [9.17, 15) is 4.39 Å². The average Bonchev–Trinajstić information content (AvgIpc) is 2.61. The van der Waals surface area contributed by atoms with Crippen LogP contribution in [0.25, 0.3) is 6.08 Å². The van der Waals surface area contributed by atoms with Crippen LogP contribution in [0.1, 0.15) is 36.0 Å². The number of hydrogen-bond acceptors (Lipinski definition) is 0. The number of aryl methyl sites for hydroxylation is 1. The minimum absolute atomic E-state index is 0.232. The molecule has 74 valence electrons. The molecule has 0 fully saturated rings. The van der Waals surface area contributed by atoms with Gasteiger partial charge < -0.3 is 0 Å². The monoisotopic (exact) mass is 190 g/mol. The van der Waals surface area contributed by atoms with Gasteiger partial charge >= 0.3 is 0 Å². The van der Waals surface area contributed by atoms with Gasteiger partial charge in [0, 0.05) is 5.92 Å². The van der Waals surface area contributed by atoms with E-state index < -0.39 is 0 Å². The van der Waals surface area contributed by atoms with Crippen molar-refractivity contribution < 1.29 is 4.39 Å². The molecule has 0 nitrogen and oxygen atoms in total. The van der Waals surface area contributed by atoms with E-state index in [1.165, 1.54) is 16.7 Å². The van der Waals surface area contributed by atoms with E-state index in [1.807, 2.05) is 0 Å². The van der Waals surface area contributed by atoms with Gasteiger partial charge in [-0.3, -0.25) is 4.39 Å². The molecule has 2 rings (SSSR count). The summed E-state index contributed by atoms with van der Waals surface area (Å²) >= 11 is 0. The van der Waals surface area contributed by atoms with Crippen LogP contribution < -0.4 is 0 Å². The van der Waals surface area contributed by atoms with E-state index in [-0.39, 0.29) is 6.67 Å². The van der Waals surface area contributed by atoms with Crippen LogP contribution in [0, 0.1) is 0 Å². The highest BCUT2D eigenvalue weighted by atomic mass is 19.1.